The molecule has 0 spiro atoms. The molecule has 0 radical (unpaired) electrons. The third-order valence-electron chi connectivity index (χ3n) is 4.98. The average Bonchev–Trinajstić information content (AvgIpc) is 2.90. The minimum absolute atomic E-state index is 0.0216. The second-order valence-corrected chi connectivity index (χ2v) is 7.91. The van der Waals surface area contributed by atoms with Gasteiger partial charge in [-0.1, -0.05) is 30.1 Å². The number of halogens is 2. The fourth-order valence-corrected chi connectivity index (χ4v) is 4.10. The third kappa shape index (κ3) is 3.03. The predicted octanol–water partition coefficient (Wildman–Crippen LogP) is 2.15. The van der Waals surface area contributed by atoms with Crippen molar-refractivity contribution in [3.05, 3.63) is 44.3 Å². The molecule has 1 saturated heterocycles. The zero-order valence-electron chi connectivity index (χ0n) is 14.4. The molecule has 9 heteroatoms. The number of nitrogens with zero attached hydrogens (tertiary/aromatic N) is 5. The summed E-state index contributed by atoms with van der Waals surface area (Å²) < 4.78 is 2.89. The predicted molar refractivity (Wildman–Crippen MR) is 97.6 cm³/mol. The van der Waals surface area contributed by atoms with Gasteiger partial charge in [-0.05, 0) is 24.8 Å². The monoisotopic (exact) mass is 395 g/mol. The number of hydrogen-bond acceptors (Lipinski definition) is 4. The molecule has 1 amide bonds. The van der Waals surface area contributed by atoms with E-state index in [1.807, 2.05) is 4.90 Å². The summed E-state index contributed by atoms with van der Waals surface area (Å²) in [7, 11) is 0. The van der Waals surface area contributed by atoms with Crippen LogP contribution in [0.4, 0.5) is 0 Å². The van der Waals surface area contributed by atoms with Crippen LogP contribution in [-0.2, 0) is 17.8 Å². The summed E-state index contributed by atoms with van der Waals surface area (Å²) in [5.41, 5.74) is 0.229. The number of aryl methyl sites for hydroxylation is 1. The summed E-state index contributed by atoms with van der Waals surface area (Å²) >= 11 is 12.0. The van der Waals surface area contributed by atoms with Gasteiger partial charge >= 0.3 is 5.69 Å². The highest BCUT2D eigenvalue weighted by molar-refractivity contribution is 6.34. The molecule has 2 aromatic heterocycles. The SMILES string of the molecule is CC1CN(C(=O)[C@@H]2CCCc3nn(Cc4ncc(Cl)cc4Cl)c(=O)n32)C1. The summed E-state index contributed by atoms with van der Waals surface area (Å²) in [5.74, 6) is 1.20. The van der Waals surface area contributed by atoms with Crippen molar-refractivity contribution in [2.45, 2.75) is 38.8 Å². The highest BCUT2D eigenvalue weighted by Gasteiger charge is 2.37. The van der Waals surface area contributed by atoms with Crippen LogP contribution in [-0.4, -0.2) is 43.2 Å². The molecule has 0 N–H and O–H groups in total. The number of rotatable bonds is 3. The molecule has 0 aromatic carbocycles. The van der Waals surface area contributed by atoms with Gasteiger partial charge in [0.2, 0.25) is 5.91 Å². The first-order valence-corrected chi connectivity index (χ1v) is 9.46. The maximum absolute atomic E-state index is 12.9. The quantitative estimate of drug-likeness (QED) is 0.797. The Morgan fingerprint density at radius 2 is 2.12 bits per heavy atom. The van der Waals surface area contributed by atoms with Gasteiger partial charge in [0.05, 0.1) is 22.3 Å². The number of carbonyl (C=O) groups is 1. The van der Waals surface area contributed by atoms with Gasteiger partial charge in [0.25, 0.3) is 0 Å². The molecule has 2 aliphatic heterocycles. The highest BCUT2D eigenvalue weighted by atomic mass is 35.5. The zero-order chi connectivity index (χ0) is 18.4. The minimum Gasteiger partial charge on any atom is -0.340 e. The Kier molecular flexibility index (Phi) is 4.52. The average molecular weight is 396 g/mol. The van der Waals surface area contributed by atoms with E-state index >= 15 is 0 Å². The van der Waals surface area contributed by atoms with Gasteiger partial charge in [-0.2, -0.15) is 5.10 Å². The van der Waals surface area contributed by atoms with Gasteiger partial charge in [-0.25, -0.2) is 9.48 Å². The summed E-state index contributed by atoms with van der Waals surface area (Å²) in [5, 5.41) is 5.25. The fourth-order valence-electron chi connectivity index (χ4n) is 3.66. The topological polar surface area (TPSA) is 73.0 Å². The molecule has 7 nitrogen and oxygen atoms in total. The zero-order valence-corrected chi connectivity index (χ0v) is 15.9. The van der Waals surface area contributed by atoms with Crippen LogP contribution in [0.25, 0.3) is 0 Å². The van der Waals surface area contributed by atoms with Crippen molar-refractivity contribution >= 4 is 29.1 Å². The maximum Gasteiger partial charge on any atom is 0.347 e. The first kappa shape index (κ1) is 17.5. The number of fused-ring (bicyclic) bond motifs is 1. The molecule has 0 unspecified atom stereocenters. The minimum atomic E-state index is -0.457. The Bertz CT molecular complexity index is 916. The second kappa shape index (κ2) is 6.70. The molecule has 26 heavy (non-hydrogen) atoms. The first-order chi connectivity index (χ1) is 12.4. The standard InChI is InChI=1S/C17H19Cl2N5O2/c1-10-7-22(8-10)16(25)14-3-2-4-15-21-23(17(26)24(14)15)9-13-12(19)5-11(18)6-20-13/h5-6,10,14H,2-4,7-9H2,1H3/t14-/m0/s1. The van der Waals surface area contributed by atoms with E-state index < -0.39 is 6.04 Å². The molecule has 2 aromatic rings. The molecule has 1 fully saturated rings. The number of amides is 1. The fraction of sp³-hybridized carbons (Fsp3) is 0.529. The second-order valence-electron chi connectivity index (χ2n) is 7.06. The molecular formula is C17H19Cl2N5O2. The number of pyridine rings is 1. The van der Waals surface area contributed by atoms with E-state index in [0.29, 0.717) is 40.3 Å². The van der Waals surface area contributed by atoms with Gasteiger partial charge in [-0.3, -0.25) is 14.3 Å². The number of likely N-dealkylation sites (tertiary alicyclic amines) is 1. The molecule has 4 rings (SSSR count). The molecule has 138 valence electrons. The van der Waals surface area contributed by atoms with Gasteiger partial charge in [0.15, 0.2) is 0 Å². The van der Waals surface area contributed by atoms with Crippen LogP contribution in [0.1, 0.15) is 37.3 Å². The van der Waals surface area contributed by atoms with E-state index in [1.165, 1.54) is 10.9 Å². The van der Waals surface area contributed by atoms with Crippen LogP contribution in [0.5, 0.6) is 0 Å². The normalized spacial score (nSPS) is 20.0. The van der Waals surface area contributed by atoms with E-state index in [9.17, 15) is 9.59 Å². The summed E-state index contributed by atoms with van der Waals surface area (Å²) in [6.07, 6.45) is 3.68. The molecule has 0 aliphatic carbocycles. The Morgan fingerprint density at radius 3 is 2.81 bits per heavy atom. The van der Waals surface area contributed by atoms with E-state index in [0.717, 1.165) is 19.5 Å². The van der Waals surface area contributed by atoms with Crippen molar-refractivity contribution in [1.82, 2.24) is 24.2 Å². The first-order valence-electron chi connectivity index (χ1n) is 8.71. The molecule has 4 heterocycles. The van der Waals surface area contributed by atoms with Crippen LogP contribution in [0.15, 0.2) is 17.1 Å². The lowest BCUT2D eigenvalue weighted by molar-refractivity contribution is -0.141. The Hall–Kier alpha value is -1.86. The largest absolute Gasteiger partial charge is 0.347 e. The highest BCUT2D eigenvalue weighted by Crippen LogP contribution is 2.27. The lowest BCUT2D eigenvalue weighted by Crippen LogP contribution is -2.52. The lowest BCUT2D eigenvalue weighted by atomic mass is 9.98. The van der Waals surface area contributed by atoms with Crippen molar-refractivity contribution in [3.8, 4) is 0 Å². The molecule has 0 saturated carbocycles. The van der Waals surface area contributed by atoms with E-state index in [4.69, 9.17) is 23.2 Å². The third-order valence-corrected chi connectivity index (χ3v) is 5.51. The van der Waals surface area contributed by atoms with Gasteiger partial charge in [0.1, 0.15) is 11.9 Å². The van der Waals surface area contributed by atoms with E-state index in [1.54, 1.807) is 10.6 Å². The van der Waals surface area contributed by atoms with Crippen LogP contribution < -0.4 is 5.69 Å². The Balaban J connectivity index is 1.64. The van der Waals surface area contributed by atoms with E-state index in [-0.39, 0.29) is 18.1 Å². The molecule has 1 atom stereocenters. The van der Waals surface area contributed by atoms with Gasteiger partial charge < -0.3 is 4.90 Å². The van der Waals surface area contributed by atoms with Crippen molar-refractivity contribution in [2.24, 2.45) is 5.92 Å². The van der Waals surface area contributed by atoms with Crippen molar-refractivity contribution in [2.75, 3.05) is 13.1 Å². The number of hydrogen-bond donors (Lipinski definition) is 0. The Morgan fingerprint density at radius 1 is 1.35 bits per heavy atom. The van der Waals surface area contributed by atoms with Crippen molar-refractivity contribution in [3.63, 3.8) is 0 Å². The lowest BCUT2D eigenvalue weighted by Gasteiger charge is -2.40. The van der Waals surface area contributed by atoms with Crippen molar-refractivity contribution < 1.29 is 4.79 Å². The molecular weight excluding hydrogens is 377 g/mol. The summed E-state index contributed by atoms with van der Waals surface area (Å²) in [6, 6.07) is 1.13. The van der Waals surface area contributed by atoms with Gasteiger partial charge in [-0.15, -0.1) is 0 Å². The summed E-state index contributed by atoms with van der Waals surface area (Å²) in [4.78, 5) is 31.7. The molecule has 0 bridgehead atoms. The summed E-state index contributed by atoms with van der Waals surface area (Å²) in [6.45, 7) is 3.79. The van der Waals surface area contributed by atoms with Crippen molar-refractivity contribution in [1.29, 1.82) is 0 Å². The Labute approximate surface area is 160 Å². The van der Waals surface area contributed by atoms with Crippen LogP contribution in [0.3, 0.4) is 0 Å². The van der Waals surface area contributed by atoms with Crippen LogP contribution in [0.2, 0.25) is 10.0 Å². The van der Waals surface area contributed by atoms with Gasteiger partial charge in [0, 0.05) is 25.7 Å². The maximum atomic E-state index is 12.9. The van der Waals surface area contributed by atoms with Crippen LogP contribution in [0, 0.1) is 5.92 Å². The molecule has 2 aliphatic rings. The van der Waals surface area contributed by atoms with Crippen LogP contribution >= 0.6 is 23.2 Å². The van der Waals surface area contributed by atoms with E-state index in [2.05, 4.69) is 17.0 Å². The smallest absolute Gasteiger partial charge is 0.340 e. The number of aromatic nitrogens is 4. The number of carbonyl (C=O) groups excluding carboxylic acids is 1.